The highest BCUT2D eigenvalue weighted by Gasteiger charge is 2.18. The van der Waals surface area contributed by atoms with Gasteiger partial charge in [-0.2, -0.15) is 0 Å². The van der Waals surface area contributed by atoms with Gasteiger partial charge in [0.2, 0.25) is 10.0 Å². The van der Waals surface area contributed by atoms with Crippen LogP contribution in [-0.2, 0) is 10.0 Å². The maximum atomic E-state index is 11.8. The fraction of sp³-hybridized carbons (Fsp3) is 0.500. The van der Waals surface area contributed by atoms with Crippen molar-refractivity contribution in [2.45, 2.75) is 11.8 Å². The third kappa shape index (κ3) is 4.31. The zero-order valence-electron chi connectivity index (χ0n) is 8.91. The zero-order valence-corrected chi connectivity index (χ0v) is 12.9. The Labute approximate surface area is 114 Å². The van der Waals surface area contributed by atoms with Crippen LogP contribution in [0.4, 0.5) is 0 Å². The molecule has 0 saturated carbocycles. The molecule has 8 heteroatoms. The lowest BCUT2D eigenvalue weighted by Gasteiger charge is -2.05. The molecule has 2 N–H and O–H groups in total. The molecule has 4 nitrogen and oxygen atoms in total. The summed E-state index contributed by atoms with van der Waals surface area (Å²) in [7, 11) is -1.57. The minimum Gasteiger partial charge on any atom is -0.318 e. The van der Waals surface area contributed by atoms with Gasteiger partial charge < -0.3 is 5.32 Å². The summed E-state index contributed by atoms with van der Waals surface area (Å²) in [5, 5.41) is 2.88. The number of halogens is 2. The molecule has 0 amide bonds. The molecule has 0 unspecified atom stereocenters. The van der Waals surface area contributed by atoms with E-state index in [-0.39, 0.29) is 12.4 Å². The van der Waals surface area contributed by atoms with Gasteiger partial charge in [-0.3, -0.25) is 0 Å². The maximum absolute atomic E-state index is 11.8. The molecule has 0 fully saturated rings. The predicted octanol–water partition coefficient (Wildman–Crippen LogP) is 1.74. The van der Waals surface area contributed by atoms with Crippen molar-refractivity contribution in [2.75, 3.05) is 20.1 Å². The predicted molar refractivity (Wildman–Crippen MR) is 73.1 cm³/mol. The van der Waals surface area contributed by atoms with Crippen LogP contribution in [0.1, 0.15) is 4.88 Å². The third-order valence-corrected chi connectivity index (χ3v) is 5.07. The SMILES string of the molecule is CNCCNS(=O)(=O)c1cc(Br)sc1C.Cl. The number of likely N-dealkylation sites (N-methyl/N-ethyl adjacent to an activating group) is 1. The Morgan fingerprint density at radius 1 is 1.44 bits per heavy atom. The van der Waals surface area contributed by atoms with E-state index >= 15 is 0 Å². The lowest BCUT2D eigenvalue weighted by atomic mass is 10.5. The number of thiophene rings is 1. The van der Waals surface area contributed by atoms with E-state index in [1.165, 1.54) is 11.3 Å². The van der Waals surface area contributed by atoms with Crippen LogP contribution in [0, 0.1) is 6.92 Å². The van der Waals surface area contributed by atoms with Gasteiger partial charge in [-0.25, -0.2) is 13.1 Å². The van der Waals surface area contributed by atoms with Crippen LogP contribution in [0.3, 0.4) is 0 Å². The Morgan fingerprint density at radius 2 is 2.06 bits per heavy atom. The number of hydrogen-bond acceptors (Lipinski definition) is 4. The van der Waals surface area contributed by atoms with E-state index in [9.17, 15) is 8.42 Å². The van der Waals surface area contributed by atoms with E-state index < -0.39 is 10.0 Å². The largest absolute Gasteiger partial charge is 0.318 e. The molecule has 16 heavy (non-hydrogen) atoms. The van der Waals surface area contributed by atoms with Crippen molar-refractivity contribution in [3.63, 3.8) is 0 Å². The normalized spacial score (nSPS) is 11.2. The smallest absolute Gasteiger partial charge is 0.241 e. The first kappa shape index (κ1) is 16.3. The van der Waals surface area contributed by atoms with Gasteiger partial charge in [0.1, 0.15) is 0 Å². The van der Waals surface area contributed by atoms with E-state index in [0.717, 1.165) is 8.66 Å². The molecule has 0 aliphatic rings. The number of hydrogen-bond donors (Lipinski definition) is 2. The van der Waals surface area contributed by atoms with Crippen molar-refractivity contribution in [3.8, 4) is 0 Å². The summed E-state index contributed by atoms with van der Waals surface area (Å²) >= 11 is 4.69. The van der Waals surface area contributed by atoms with Crippen molar-refractivity contribution in [1.82, 2.24) is 10.0 Å². The summed E-state index contributed by atoms with van der Waals surface area (Å²) in [6.07, 6.45) is 0. The molecule has 1 heterocycles. The van der Waals surface area contributed by atoms with Crippen molar-refractivity contribution >= 4 is 49.7 Å². The average molecular weight is 350 g/mol. The van der Waals surface area contributed by atoms with Crippen molar-refractivity contribution in [1.29, 1.82) is 0 Å². The Morgan fingerprint density at radius 3 is 2.50 bits per heavy atom. The van der Waals surface area contributed by atoms with Crippen molar-refractivity contribution in [2.24, 2.45) is 0 Å². The Hall–Kier alpha value is 0.340. The van der Waals surface area contributed by atoms with Gasteiger partial charge in [0.25, 0.3) is 0 Å². The minimum atomic E-state index is -3.35. The number of sulfonamides is 1. The Bertz CT molecular complexity index is 433. The van der Waals surface area contributed by atoms with Crippen LogP contribution in [0.15, 0.2) is 14.7 Å². The summed E-state index contributed by atoms with van der Waals surface area (Å²) in [6, 6.07) is 1.63. The molecule has 0 spiro atoms. The molecule has 0 aliphatic heterocycles. The van der Waals surface area contributed by atoms with Crippen molar-refractivity contribution in [3.05, 3.63) is 14.7 Å². The molecule has 1 rings (SSSR count). The van der Waals surface area contributed by atoms with Gasteiger partial charge in [-0.15, -0.1) is 23.7 Å². The second-order valence-electron chi connectivity index (χ2n) is 2.97. The molecular weight excluding hydrogens is 336 g/mol. The van der Waals surface area contributed by atoms with Crippen LogP contribution in [0.5, 0.6) is 0 Å². The summed E-state index contributed by atoms with van der Waals surface area (Å²) in [6.45, 7) is 2.80. The van der Waals surface area contributed by atoms with Gasteiger partial charge in [0.15, 0.2) is 0 Å². The summed E-state index contributed by atoms with van der Waals surface area (Å²) in [5.74, 6) is 0. The molecule has 0 atom stereocenters. The summed E-state index contributed by atoms with van der Waals surface area (Å²) in [4.78, 5) is 1.15. The summed E-state index contributed by atoms with van der Waals surface area (Å²) in [5.41, 5.74) is 0. The quantitative estimate of drug-likeness (QED) is 0.796. The van der Waals surface area contributed by atoms with Gasteiger partial charge in [-0.1, -0.05) is 0 Å². The van der Waals surface area contributed by atoms with Gasteiger partial charge in [0, 0.05) is 18.0 Å². The molecule has 0 radical (unpaired) electrons. The molecule has 0 aromatic carbocycles. The molecule has 94 valence electrons. The van der Waals surface area contributed by atoms with Gasteiger partial charge in [0.05, 0.1) is 8.68 Å². The van der Waals surface area contributed by atoms with Crippen LogP contribution in [0.25, 0.3) is 0 Å². The number of nitrogens with one attached hydrogen (secondary N) is 2. The minimum absolute atomic E-state index is 0. The number of aryl methyl sites for hydroxylation is 1. The van der Waals surface area contributed by atoms with Crippen LogP contribution < -0.4 is 10.0 Å². The van der Waals surface area contributed by atoms with E-state index in [1.807, 2.05) is 0 Å². The lowest BCUT2D eigenvalue weighted by molar-refractivity contribution is 0.579. The molecule has 0 saturated heterocycles. The standard InChI is InChI=1S/C8H13BrN2O2S2.ClH/c1-6-7(5-8(9)14-6)15(12,13)11-4-3-10-2;/h5,10-11H,3-4H2,1-2H3;1H. The fourth-order valence-corrected chi connectivity index (χ4v) is 4.53. The molecular formula is C8H14BrClN2O2S2. The molecule has 1 aromatic heterocycles. The monoisotopic (exact) mass is 348 g/mol. The van der Waals surface area contributed by atoms with Crippen molar-refractivity contribution < 1.29 is 8.42 Å². The zero-order chi connectivity index (χ0) is 11.5. The fourth-order valence-electron chi connectivity index (χ4n) is 1.09. The van der Waals surface area contributed by atoms with Crippen LogP contribution in [0.2, 0.25) is 0 Å². The Kier molecular flexibility index (Phi) is 7.07. The van der Waals surface area contributed by atoms with E-state index in [1.54, 1.807) is 20.0 Å². The molecule has 1 aromatic rings. The van der Waals surface area contributed by atoms with Crippen LogP contribution >= 0.6 is 39.7 Å². The van der Waals surface area contributed by atoms with E-state index in [4.69, 9.17) is 0 Å². The van der Waals surface area contributed by atoms with Gasteiger partial charge in [-0.05, 0) is 36.0 Å². The first-order valence-corrected chi connectivity index (χ1v) is 7.47. The van der Waals surface area contributed by atoms with E-state index in [2.05, 4.69) is 26.0 Å². The summed E-state index contributed by atoms with van der Waals surface area (Å²) < 4.78 is 26.9. The van der Waals surface area contributed by atoms with E-state index in [0.29, 0.717) is 18.0 Å². The highest BCUT2D eigenvalue weighted by Crippen LogP contribution is 2.29. The maximum Gasteiger partial charge on any atom is 0.241 e. The lowest BCUT2D eigenvalue weighted by Crippen LogP contribution is -2.30. The first-order chi connectivity index (χ1) is 6.97. The second-order valence-corrected chi connectivity index (χ2v) is 7.34. The molecule has 0 aliphatic carbocycles. The third-order valence-electron chi connectivity index (χ3n) is 1.80. The highest BCUT2D eigenvalue weighted by atomic mass is 79.9. The van der Waals surface area contributed by atoms with Gasteiger partial charge >= 0.3 is 0 Å². The highest BCUT2D eigenvalue weighted by molar-refractivity contribution is 9.11. The molecule has 0 bridgehead atoms. The first-order valence-electron chi connectivity index (χ1n) is 4.37. The second kappa shape index (κ2) is 6.93. The Balaban J connectivity index is 0.00000225. The topological polar surface area (TPSA) is 58.2 Å². The van der Waals surface area contributed by atoms with Crippen LogP contribution in [-0.4, -0.2) is 28.6 Å². The average Bonchev–Trinajstić information content (AvgIpc) is 2.46. The number of rotatable bonds is 5.